The van der Waals surface area contributed by atoms with E-state index in [1.165, 1.54) is 0 Å². The first kappa shape index (κ1) is 29.1. The molecular formula is C26H43N7O3S. The van der Waals surface area contributed by atoms with Gasteiger partial charge in [0.1, 0.15) is 5.82 Å². The Bertz CT molecular complexity index is 1070. The highest BCUT2D eigenvalue weighted by molar-refractivity contribution is 7.89. The van der Waals surface area contributed by atoms with Gasteiger partial charge >= 0.3 is 6.03 Å². The van der Waals surface area contributed by atoms with Crippen LogP contribution in [0.25, 0.3) is 0 Å². The van der Waals surface area contributed by atoms with Crippen LogP contribution in [-0.4, -0.2) is 77.5 Å². The average Bonchev–Trinajstić information content (AvgIpc) is 3.59. The summed E-state index contributed by atoms with van der Waals surface area (Å²) in [5.41, 5.74) is 1.13. The van der Waals surface area contributed by atoms with Gasteiger partial charge in [-0.15, -0.1) is 0 Å². The van der Waals surface area contributed by atoms with E-state index < -0.39 is 16.1 Å². The average molecular weight is 534 g/mol. The molecule has 37 heavy (non-hydrogen) atoms. The number of urea groups is 1. The number of aryl methyl sites for hydroxylation is 2. The highest BCUT2D eigenvalue weighted by Gasteiger charge is 2.25. The van der Waals surface area contributed by atoms with E-state index in [1.807, 2.05) is 42.2 Å². The van der Waals surface area contributed by atoms with Crippen LogP contribution < -0.4 is 10.0 Å². The molecule has 0 unspecified atom stereocenters. The number of rotatable bonds is 15. The first-order chi connectivity index (χ1) is 17.8. The maximum Gasteiger partial charge on any atom is 0.317 e. The monoisotopic (exact) mass is 533 g/mol. The summed E-state index contributed by atoms with van der Waals surface area (Å²) in [5.74, 6) is 1.12. The number of carbonyl (C=O) groups excluding carboxylic acids is 1. The Morgan fingerprint density at radius 3 is 2.46 bits per heavy atom. The molecule has 1 aliphatic rings. The van der Waals surface area contributed by atoms with Gasteiger partial charge in [-0.25, -0.2) is 27.6 Å². The molecule has 1 saturated heterocycles. The molecule has 0 aliphatic carbocycles. The molecule has 0 radical (unpaired) electrons. The minimum absolute atomic E-state index is 0.0541. The number of sulfonamides is 1. The minimum Gasteiger partial charge on any atom is -0.331 e. The molecule has 2 aromatic rings. The molecular weight excluding hydrogens is 490 g/mol. The molecule has 11 heteroatoms. The van der Waals surface area contributed by atoms with E-state index in [9.17, 15) is 13.2 Å². The number of amides is 2. The van der Waals surface area contributed by atoms with Crippen molar-refractivity contribution in [3.8, 4) is 0 Å². The molecule has 2 N–H and O–H groups in total. The van der Waals surface area contributed by atoms with Crippen LogP contribution in [0.15, 0.2) is 30.3 Å². The summed E-state index contributed by atoms with van der Waals surface area (Å²) in [7, 11) is -3.53. The van der Waals surface area contributed by atoms with Crippen molar-refractivity contribution >= 4 is 16.1 Å². The van der Waals surface area contributed by atoms with Crippen molar-refractivity contribution in [2.24, 2.45) is 0 Å². The third-order valence-corrected chi connectivity index (χ3v) is 8.30. The van der Waals surface area contributed by atoms with Crippen molar-refractivity contribution in [2.75, 3.05) is 38.5 Å². The Labute approximate surface area is 221 Å². The molecule has 10 nitrogen and oxygen atoms in total. The first-order valence-corrected chi connectivity index (χ1v) is 15.2. The van der Waals surface area contributed by atoms with Gasteiger partial charge in [-0.2, -0.15) is 5.10 Å². The van der Waals surface area contributed by atoms with E-state index in [0.29, 0.717) is 37.5 Å². The summed E-state index contributed by atoms with van der Waals surface area (Å²) in [6, 6.07) is 9.34. The van der Waals surface area contributed by atoms with Crippen LogP contribution in [0.3, 0.4) is 0 Å². The zero-order valence-corrected chi connectivity index (χ0v) is 23.3. The van der Waals surface area contributed by atoms with Crippen molar-refractivity contribution in [2.45, 2.75) is 72.0 Å². The fourth-order valence-corrected chi connectivity index (χ4v) is 5.89. The highest BCUT2D eigenvalue weighted by Crippen LogP contribution is 2.19. The molecule has 3 rings (SSSR count). The molecule has 0 bridgehead atoms. The van der Waals surface area contributed by atoms with Gasteiger partial charge in [-0.05, 0) is 64.2 Å². The zero-order valence-electron chi connectivity index (χ0n) is 22.5. The van der Waals surface area contributed by atoms with Gasteiger partial charge in [-0.3, -0.25) is 0 Å². The van der Waals surface area contributed by atoms with E-state index in [1.54, 1.807) is 4.68 Å². The second-order valence-electron chi connectivity index (χ2n) is 9.45. The van der Waals surface area contributed by atoms with Crippen molar-refractivity contribution in [3.63, 3.8) is 0 Å². The Morgan fingerprint density at radius 2 is 1.81 bits per heavy atom. The maximum atomic E-state index is 13.1. The van der Waals surface area contributed by atoms with Crippen LogP contribution >= 0.6 is 0 Å². The summed E-state index contributed by atoms with van der Waals surface area (Å²) in [5, 5.41) is 7.59. The molecule has 1 atom stereocenters. The highest BCUT2D eigenvalue weighted by atomic mass is 32.2. The van der Waals surface area contributed by atoms with Crippen molar-refractivity contribution < 1.29 is 13.2 Å². The van der Waals surface area contributed by atoms with Gasteiger partial charge in [0.15, 0.2) is 5.82 Å². The topological polar surface area (TPSA) is 112 Å². The molecule has 1 aromatic heterocycles. The van der Waals surface area contributed by atoms with Crippen LogP contribution in [0.4, 0.5) is 4.79 Å². The van der Waals surface area contributed by atoms with Crippen LogP contribution in [-0.2, 0) is 29.5 Å². The third-order valence-electron chi connectivity index (χ3n) is 6.84. The Balaban J connectivity index is 1.72. The summed E-state index contributed by atoms with van der Waals surface area (Å²) in [6.45, 7) is 11.0. The van der Waals surface area contributed by atoms with E-state index in [0.717, 1.165) is 51.1 Å². The third kappa shape index (κ3) is 9.08. The number of nitrogens with zero attached hydrogens (tertiary/aromatic N) is 5. The van der Waals surface area contributed by atoms with Crippen molar-refractivity contribution in [3.05, 3.63) is 47.5 Å². The Morgan fingerprint density at radius 1 is 1.11 bits per heavy atom. The Hall–Kier alpha value is -2.50. The molecule has 2 heterocycles. The summed E-state index contributed by atoms with van der Waals surface area (Å²) in [6.07, 6.45) is 3.84. The van der Waals surface area contributed by atoms with Crippen molar-refractivity contribution in [1.82, 2.24) is 34.6 Å². The van der Waals surface area contributed by atoms with Crippen LogP contribution in [0, 0.1) is 0 Å². The number of carbonyl (C=O) groups is 1. The maximum absolute atomic E-state index is 13.1. The second kappa shape index (κ2) is 14.4. The quantitative estimate of drug-likeness (QED) is 0.364. The molecule has 1 aliphatic heterocycles. The minimum atomic E-state index is -3.53. The number of benzene rings is 1. The molecule has 0 saturated carbocycles. The number of nitrogens with one attached hydrogen (secondary N) is 2. The van der Waals surface area contributed by atoms with Gasteiger partial charge in [-0.1, -0.05) is 44.2 Å². The fraction of sp³-hybridized carbons (Fsp3) is 0.654. The number of likely N-dealkylation sites (tertiary alicyclic amines) is 1. The lowest BCUT2D eigenvalue weighted by molar-refractivity contribution is 0.208. The first-order valence-electron chi connectivity index (χ1n) is 13.6. The van der Waals surface area contributed by atoms with Gasteiger partial charge in [0, 0.05) is 19.6 Å². The second-order valence-corrected chi connectivity index (χ2v) is 11.3. The normalized spacial score (nSPS) is 14.9. The molecule has 0 spiro atoms. The standard InChI is InChI=1S/C26H43N7O3S/c1-4-31(5-2)17-12-20-37(35,36)30-23(16-15-22-13-8-7-9-14-22)25-28-24(33(6-3)29-25)21-27-26(34)32-18-10-11-19-32/h7-9,13-14,23,30H,4-6,10-12,15-21H2,1-3H3,(H,27,34)/t23-/m1/s1. The van der Waals surface area contributed by atoms with Crippen LogP contribution in [0.2, 0.25) is 0 Å². The summed E-state index contributed by atoms with van der Waals surface area (Å²) in [4.78, 5) is 21.2. The van der Waals surface area contributed by atoms with E-state index >= 15 is 0 Å². The fourth-order valence-electron chi connectivity index (χ4n) is 4.60. The lowest BCUT2D eigenvalue weighted by Crippen LogP contribution is -2.38. The predicted molar refractivity (Wildman–Crippen MR) is 146 cm³/mol. The Kier molecular flexibility index (Phi) is 11.3. The van der Waals surface area contributed by atoms with E-state index in [-0.39, 0.29) is 18.3 Å². The SMILES string of the molecule is CCN(CC)CCCS(=O)(=O)N[C@H](CCc1ccccc1)c1nc(CNC(=O)N2CCCC2)n(CC)n1. The smallest absolute Gasteiger partial charge is 0.317 e. The van der Waals surface area contributed by atoms with Crippen LogP contribution in [0.5, 0.6) is 0 Å². The largest absolute Gasteiger partial charge is 0.331 e. The molecule has 206 valence electrons. The van der Waals surface area contributed by atoms with Gasteiger partial charge in [0.05, 0.1) is 18.3 Å². The number of aromatic nitrogens is 3. The number of hydrogen-bond donors (Lipinski definition) is 2. The summed E-state index contributed by atoms with van der Waals surface area (Å²) >= 11 is 0. The lowest BCUT2D eigenvalue weighted by atomic mass is 10.1. The van der Waals surface area contributed by atoms with Gasteiger partial charge in [0.25, 0.3) is 0 Å². The lowest BCUT2D eigenvalue weighted by Gasteiger charge is -2.19. The summed E-state index contributed by atoms with van der Waals surface area (Å²) < 4.78 is 30.7. The predicted octanol–water partition coefficient (Wildman–Crippen LogP) is 2.93. The van der Waals surface area contributed by atoms with Gasteiger partial charge in [0.2, 0.25) is 10.0 Å². The zero-order chi connectivity index (χ0) is 26.7. The molecule has 1 aromatic carbocycles. The molecule has 1 fully saturated rings. The molecule has 2 amide bonds. The van der Waals surface area contributed by atoms with Crippen molar-refractivity contribution in [1.29, 1.82) is 0 Å². The number of hydrogen-bond acceptors (Lipinski definition) is 6. The van der Waals surface area contributed by atoms with Gasteiger partial charge < -0.3 is 15.1 Å². The van der Waals surface area contributed by atoms with Crippen LogP contribution in [0.1, 0.15) is 69.7 Å². The van der Waals surface area contributed by atoms with E-state index in [4.69, 9.17) is 4.98 Å². The van der Waals surface area contributed by atoms with E-state index in [2.05, 4.69) is 33.9 Å².